The standard InChI is InChI=1S/C18H22N4O3S/c1-12(23)25-15-9-8-13(10-16(15)24-2)11-19-22-17(20-21-18(22)26)14-6-4-3-5-7-14/h8-11,14H,3-7H2,1-2H3,(H,21,26). The SMILES string of the molecule is COc1cc(C=Nn2c(C3CCCCC3)n[nH]c2=S)ccc1OC(C)=O. The molecule has 0 spiro atoms. The molecule has 3 rings (SSSR count). The summed E-state index contributed by atoms with van der Waals surface area (Å²) in [7, 11) is 1.52. The minimum atomic E-state index is -0.397. The monoisotopic (exact) mass is 374 g/mol. The Labute approximate surface area is 157 Å². The van der Waals surface area contributed by atoms with Crippen LogP contribution < -0.4 is 9.47 Å². The molecule has 1 aromatic carbocycles. The summed E-state index contributed by atoms with van der Waals surface area (Å²) in [4.78, 5) is 11.1. The second-order valence-corrected chi connectivity index (χ2v) is 6.67. The Morgan fingerprint density at radius 2 is 2.12 bits per heavy atom. The molecule has 1 saturated carbocycles. The van der Waals surface area contributed by atoms with E-state index < -0.39 is 5.97 Å². The van der Waals surface area contributed by atoms with Gasteiger partial charge in [0.25, 0.3) is 0 Å². The molecule has 0 unspecified atom stereocenters. The molecule has 0 saturated heterocycles. The molecule has 0 bridgehead atoms. The van der Waals surface area contributed by atoms with Crippen LogP contribution in [-0.2, 0) is 4.79 Å². The highest BCUT2D eigenvalue weighted by Gasteiger charge is 2.21. The van der Waals surface area contributed by atoms with Crippen molar-refractivity contribution in [3.63, 3.8) is 0 Å². The van der Waals surface area contributed by atoms with Crippen molar-refractivity contribution in [2.45, 2.75) is 44.9 Å². The van der Waals surface area contributed by atoms with Gasteiger partial charge in [0.1, 0.15) is 0 Å². The van der Waals surface area contributed by atoms with Crippen LogP contribution in [0.3, 0.4) is 0 Å². The van der Waals surface area contributed by atoms with E-state index in [4.69, 9.17) is 21.7 Å². The Morgan fingerprint density at radius 1 is 1.35 bits per heavy atom. The largest absolute Gasteiger partial charge is 0.493 e. The maximum absolute atomic E-state index is 11.1. The molecule has 1 aliphatic carbocycles. The van der Waals surface area contributed by atoms with Crippen molar-refractivity contribution in [3.05, 3.63) is 34.4 Å². The van der Waals surface area contributed by atoms with Gasteiger partial charge >= 0.3 is 5.97 Å². The van der Waals surface area contributed by atoms with Gasteiger partial charge in [0.05, 0.1) is 13.3 Å². The van der Waals surface area contributed by atoms with Gasteiger partial charge in [-0.05, 0) is 48.8 Å². The lowest BCUT2D eigenvalue weighted by molar-refractivity contribution is -0.132. The molecule has 0 atom stereocenters. The Kier molecular flexibility index (Phi) is 5.82. The fourth-order valence-corrected chi connectivity index (χ4v) is 3.35. The Hall–Kier alpha value is -2.48. The van der Waals surface area contributed by atoms with Crippen molar-refractivity contribution in [1.82, 2.24) is 14.9 Å². The summed E-state index contributed by atoms with van der Waals surface area (Å²) in [5.74, 6) is 1.71. The lowest BCUT2D eigenvalue weighted by Crippen LogP contribution is -2.10. The van der Waals surface area contributed by atoms with E-state index in [1.165, 1.54) is 33.3 Å². The van der Waals surface area contributed by atoms with Crippen LogP contribution in [0.4, 0.5) is 0 Å². The molecule has 1 aromatic heterocycles. The summed E-state index contributed by atoms with van der Waals surface area (Å²) in [5.41, 5.74) is 0.801. The maximum Gasteiger partial charge on any atom is 0.308 e. The van der Waals surface area contributed by atoms with Crippen molar-refractivity contribution < 1.29 is 14.3 Å². The van der Waals surface area contributed by atoms with E-state index in [9.17, 15) is 4.79 Å². The van der Waals surface area contributed by atoms with Gasteiger partial charge in [0, 0.05) is 12.8 Å². The minimum Gasteiger partial charge on any atom is -0.493 e. The molecule has 0 aliphatic heterocycles. The highest BCUT2D eigenvalue weighted by Crippen LogP contribution is 2.31. The van der Waals surface area contributed by atoms with Crippen LogP contribution >= 0.6 is 12.2 Å². The summed E-state index contributed by atoms with van der Waals surface area (Å²) < 4.78 is 12.6. The normalized spacial score (nSPS) is 15.3. The number of benzene rings is 1. The fourth-order valence-electron chi connectivity index (χ4n) is 3.17. The number of methoxy groups -OCH3 is 1. The highest BCUT2D eigenvalue weighted by molar-refractivity contribution is 7.71. The van der Waals surface area contributed by atoms with Crippen LogP contribution in [0.1, 0.15) is 56.3 Å². The molecule has 1 fully saturated rings. The van der Waals surface area contributed by atoms with Gasteiger partial charge in [0.15, 0.2) is 17.3 Å². The van der Waals surface area contributed by atoms with Crippen LogP contribution in [0, 0.1) is 4.77 Å². The number of nitrogens with zero attached hydrogens (tertiary/aromatic N) is 3. The Balaban J connectivity index is 1.85. The number of rotatable bonds is 5. The zero-order chi connectivity index (χ0) is 18.5. The summed E-state index contributed by atoms with van der Waals surface area (Å²) in [5, 5.41) is 11.7. The van der Waals surface area contributed by atoms with E-state index in [0.717, 1.165) is 24.2 Å². The van der Waals surface area contributed by atoms with Gasteiger partial charge < -0.3 is 9.47 Å². The zero-order valence-corrected chi connectivity index (χ0v) is 15.7. The van der Waals surface area contributed by atoms with Crippen molar-refractivity contribution in [3.8, 4) is 11.5 Å². The van der Waals surface area contributed by atoms with E-state index >= 15 is 0 Å². The Morgan fingerprint density at radius 3 is 2.81 bits per heavy atom. The molecule has 1 N–H and O–H groups in total. The fraction of sp³-hybridized carbons (Fsp3) is 0.444. The lowest BCUT2D eigenvalue weighted by Gasteiger charge is -2.19. The van der Waals surface area contributed by atoms with E-state index in [0.29, 0.717) is 22.2 Å². The van der Waals surface area contributed by atoms with Crippen molar-refractivity contribution >= 4 is 24.4 Å². The lowest BCUT2D eigenvalue weighted by atomic mass is 9.89. The van der Waals surface area contributed by atoms with E-state index in [-0.39, 0.29) is 0 Å². The third kappa shape index (κ3) is 4.19. The molecule has 1 aliphatic rings. The van der Waals surface area contributed by atoms with Gasteiger partial charge in [-0.2, -0.15) is 14.9 Å². The average Bonchev–Trinajstić information content (AvgIpc) is 3.01. The van der Waals surface area contributed by atoms with Crippen LogP contribution in [0.25, 0.3) is 0 Å². The first-order chi connectivity index (χ1) is 12.6. The first-order valence-corrected chi connectivity index (χ1v) is 9.07. The van der Waals surface area contributed by atoms with Gasteiger partial charge in [-0.25, -0.2) is 0 Å². The maximum atomic E-state index is 11.1. The molecule has 8 heteroatoms. The van der Waals surface area contributed by atoms with Crippen molar-refractivity contribution in [1.29, 1.82) is 0 Å². The third-order valence-corrected chi connectivity index (χ3v) is 4.67. The molecule has 7 nitrogen and oxygen atoms in total. The molecule has 0 radical (unpaired) electrons. The number of nitrogens with one attached hydrogen (secondary N) is 1. The van der Waals surface area contributed by atoms with Gasteiger partial charge in [-0.1, -0.05) is 19.3 Å². The molecule has 138 valence electrons. The first-order valence-electron chi connectivity index (χ1n) is 8.66. The van der Waals surface area contributed by atoms with Gasteiger partial charge in [-0.3, -0.25) is 9.89 Å². The van der Waals surface area contributed by atoms with Crippen LogP contribution in [0.15, 0.2) is 23.3 Å². The van der Waals surface area contributed by atoms with Crippen LogP contribution in [0.5, 0.6) is 11.5 Å². The number of esters is 1. The van der Waals surface area contributed by atoms with E-state index in [1.807, 2.05) is 0 Å². The van der Waals surface area contributed by atoms with Crippen LogP contribution in [-0.4, -0.2) is 34.2 Å². The molecule has 0 amide bonds. The number of H-pyrrole nitrogens is 1. The molecular formula is C18H22N4O3S. The van der Waals surface area contributed by atoms with Crippen LogP contribution in [0.2, 0.25) is 0 Å². The second-order valence-electron chi connectivity index (χ2n) is 6.28. The summed E-state index contributed by atoms with van der Waals surface area (Å²) in [6.45, 7) is 1.35. The number of ether oxygens (including phenoxy) is 2. The first kappa shape index (κ1) is 18.3. The number of carbonyl (C=O) groups excluding carboxylic acids is 1. The van der Waals surface area contributed by atoms with Gasteiger partial charge in [-0.15, -0.1) is 0 Å². The van der Waals surface area contributed by atoms with E-state index in [1.54, 1.807) is 29.1 Å². The number of carbonyl (C=O) groups is 1. The summed E-state index contributed by atoms with van der Waals surface area (Å²) in [6.07, 6.45) is 7.61. The number of hydrogen-bond donors (Lipinski definition) is 1. The molecular weight excluding hydrogens is 352 g/mol. The quantitative estimate of drug-likeness (QED) is 0.372. The van der Waals surface area contributed by atoms with Gasteiger partial charge in [0.2, 0.25) is 4.77 Å². The number of hydrogen-bond acceptors (Lipinski definition) is 6. The number of aromatic amines is 1. The molecule has 2 aromatic rings. The third-order valence-electron chi connectivity index (χ3n) is 4.41. The van der Waals surface area contributed by atoms with Crippen molar-refractivity contribution in [2.75, 3.05) is 7.11 Å². The predicted molar refractivity (Wildman–Crippen MR) is 101 cm³/mol. The predicted octanol–water partition coefficient (Wildman–Crippen LogP) is 3.80. The average molecular weight is 374 g/mol. The molecule has 26 heavy (non-hydrogen) atoms. The Bertz CT molecular complexity index is 866. The van der Waals surface area contributed by atoms with E-state index in [2.05, 4.69) is 15.3 Å². The second kappa shape index (κ2) is 8.27. The van der Waals surface area contributed by atoms with Crippen molar-refractivity contribution in [2.24, 2.45) is 5.10 Å². The number of aromatic nitrogens is 3. The summed E-state index contributed by atoms with van der Waals surface area (Å²) >= 11 is 5.32. The highest BCUT2D eigenvalue weighted by atomic mass is 32.1. The minimum absolute atomic E-state index is 0.375. The smallest absolute Gasteiger partial charge is 0.308 e. The molecule has 1 heterocycles. The topological polar surface area (TPSA) is 81.5 Å². The summed E-state index contributed by atoms with van der Waals surface area (Å²) in [6, 6.07) is 5.23. The zero-order valence-electron chi connectivity index (χ0n) is 14.9.